The van der Waals surface area contributed by atoms with Gasteiger partial charge in [0.05, 0.1) is 0 Å². The van der Waals surface area contributed by atoms with Crippen LogP contribution < -0.4 is 10.6 Å². The molecule has 3 rings (SSSR count). The van der Waals surface area contributed by atoms with Crippen LogP contribution in [0.3, 0.4) is 0 Å². The van der Waals surface area contributed by atoms with Gasteiger partial charge >= 0.3 is 6.09 Å². The number of hydrogen-bond donors (Lipinski definition) is 2. The first-order chi connectivity index (χ1) is 15.1. The minimum absolute atomic E-state index is 0.248. The number of carbonyl (C=O) groups excluding carboxylic acids is 3. The van der Waals surface area contributed by atoms with Crippen LogP contribution in [0.1, 0.15) is 45.2 Å². The second-order valence-corrected chi connectivity index (χ2v) is 9.59. The number of nitrogens with zero attached hydrogens (tertiary/aromatic N) is 1. The molecule has 1 heterocycles. The summed E-state index contributed by atoms with van der Waals surface area (Å²) in [4.78, 5) is 40.5. The monoisotopic (exact) mass is 501 g/mol. The van der Waals surface area contributed by atoms with Crippen molar-refractivity contribution in [3.8, 4) is 0 Å². The third-order valence-electron chi connectivity index (χ3n) is 4.99. The molecule has 1 saturated heterocycles. The predicted octanol–water partition coefficient (Wildman–Crippen LogP) is 4.64. The number of rotatable bonds is 5. The van der Waals surface area contributed by atoms with E-state index in [1.165, 1.54) is 0 Å². The lowest BCUT2D eigenvalue weighted by atomic mass is 10.0. The number of anilines is 1. The molecule has 7 nitrogen and oxygen atoms in total. The first kappa shape index (κ1) is 23.8. The molecule has 1 aliphatic rings. The molecular formula is C24H28BrN3O4. The van der Waals surface area contributed by atoms with Gasteiger partial charge in [0.25, 0.3) is 5.91 Å². The molecule has 8 heteroatoms. The summed E-state index contributed by atoms with van der Waals surface area (Å²) in [6.07, 6.45) is 0.579. The number of ether oxygens (including phenoxy) is 1. The lowest BCUT2D eigenvalue weighted by Crippen LogP contribution is -2.49. The zero-order valence-electron chi connectivity index (χ0n) is 18.4. The topological polar surface area (TPSA) is 87.7 Å². The van der Waals surface area contributed by atoms with Gasteiger partial charge in [-0.05, 0) is 63.4 Å². The SMILES string of the molecule is CC(C)(C)OC(=O)N[C@@H](C(=O)N1CCC[C@H]1C(=O)Nc1ccc(Br)cc1)c1ccccc1. The summed E-state index contributed by atoms with van der Waals surface area (Å²) in [5.41, 5.74) is 0.584. The highest BCUT2D eigenvalue weighted by Crippen LogP contribution is 2.25. The number of carbonyl (C=O) groups is 3. The summed E-state index contributed by atoms with van der Waals surface area (Å²) in [5, 5.41) is 5.57. The van der Waals surface area contributed by atoms with E-state index in [0.29, 0.717) is 30.6 Å². The molecule has 2 N–H and O–H groups in total. The lowest BCUT2D eigenvalue weighted by Gasteiger charge is -2.29. The molecule has 2 aromatic carbocycles. The molecule has 1 fully saturated rings. The molecule has 0 aromatic heterocycles. The van der Waals surface area contributed by atoms with Crippen LogP contribution in [-0.4, -0.2) is 41.0 Å². The molecule has 0 aliphatic carbocycles. The predicted molar refractivity (Wildman–Crippen MR) is 126 cm³/mol. The van der Waals surface area contributed by atoms with Crippen molar-refractivity contribution in [2.24, 2.45) is 0 Å². The lowest BCUT2D eigenvalue weighted by molar-refractivity contribution is -0.138. The second kappa shape index (κ2) is 10.2. The summed E-state index contributed by atoms with van der Waals surface area (Å²) in [5.74, 6) is -0.585. The van der Waals surface area contributed by atoms with E-state index in [4.69, 9.17) is 4.74 Å². The van der Waals surface area contributed by atoms with Gasteiger partial charge in [0.1, 0.15) is 17.7 Å². The van der Waals surface area contributed by atoms with Crippen LogP contribution >= 0.6 is 15.9 Å². The fraction of sp³-hybridized carbons (Fsp3) is 0.375. The maximum Gasteiger partial charge on any atom is 0.408 e. The molecule has 0 spiro atoms. The molecule has 0 unspecified atom stereocenters. The summed E-state index contributed by atoms with van der Waals surface area (Å²) >= 11 is 3.37. The highest BCUT2D eigenvalue weighted by molar-refractivity contribution is 9.10. The average Bonchev–Trinajstić information content (AvgIpc) is 3.23. The Bertz CT molecular complexity index is 957. The molecular weight excluding hydrogens is 474 g/mol. The molecule has 1 aliphatic heterocycles. The Morgan fingerprint density at radius 1 is 1.06 bits per heavy atom. The maximum absolute atomic E-state index is 13.5. The van der Waals surface area contributed by atoms with Crippen LogP contribution in [0.2, 0.25) is 0 Å². The number of hydrogen-bond acceptors (Lipinski definition) is 4. The Hall–Kier alpha value is -2.87. The van der Waals surface area contributed by atoms with Crippen LogP contribution in [0.15, 0.2) is 59.1 Å². The van der Waals surface area contributed by atoms with Crippen molar-refractivity contribution in [3.63, 3.8) is 0 Å². The number of benzene rings is 2. The van der Waals surface area contributed by atoms with Crippen molar-refractivity contribution < 1.29 is 19.1 Å². The third-order valence-corrected chi connectivity index (χ3v) is 5.52. The van der Waals surface area contributed by atoms with E-state index in [2.05, 4.69) is 26.6 Å². The van der Waals surface area contributed by atoms with Gasteiger partial charge in [-0.1, -0.05) is 46.3 Å². The summed E-state index contributed by atoms with van der Waals surface area (Å²) < 4.78 is 6.27. The zero-order chi connectivity index (χ0) is 23.3. The zero-order valence-corrected chi connectivity index (χ0v) is 20.0. The van der Waals surface area contributed by atoms with Gasteiger partial charge < -0.3 is 20.3 Å². The van der Waals surface area contributed by atoms with Gasteiger partial charge in [0.2, 0.25) is 5.91 Å². The Balaban J connectivity index is 1.78. The minimum atomic E-state index is -0.952. The standard InChI is InChI=1S/C24H28BrN3O4/c1-24(2,3)32-23(31)27-20(16-8-5-4-6-9-16)22(30)28-15-7-10-19(28)21(29)26-18-13-11-17(25)12-14-18/h4-6,8-9,11-14,19-20H,7,10,15H2,1-3H3,(H,26,29)(H,27,31)/t19-,20+/m0/s1. The summed E-state index contributed by atoms with van der Waals surface area (Å²) in [6, 6.07) is 14.7. The van der Waals surface area contributed by atoms with Crippen LogP contribution in [-0.2, 0) is 14.3 Å². The smallest absolute Gasteiger partial charge is 0.408 e. The highest BCUT2D eigenvalue weighted by Gasteiger charge is 2.38. The molecule has 0 radical (unpaired) electrons. The number of alkyl carbamates (subject to hydrolysis) is 1. The fourth-order valence-electron chi connectivity index (χ4n) is 3.59. The van der Waals surface area contributed by atoms with Gasteiger partial charge in [-0.3, -0.25) is 9.59 Å². The quantitative estimate of drug-likeness (QED) is 0.624. The maximum atomic E-state index is 13.5. The van der Waals surface area contributed by atoms with E-state index in [1.54, 1.807) is 62.1 Å². The highest BCUT2D eigenvalue weighted by atomic mass is 79.9. The minimum Gasteiger partial charge on any atom is -0.444 e. The van der Waals surface area contributed by atoms with Crippen molar-refractivity contribution >= 4 is 39.5 Å². The molecule has 2 atom stereocenters. The normalized spacial score (nSPS) is 16.9. The van der Waals surface area contributed by atoms with E-state index in [1.807, 2.05) is 18.2 Å². The molecule has 32 heavy (non-hydrogen) atoms. The first-order valence-electron chi connectivity index (χ1n) is 10.6. The number of likely N-dealkylation sites (tertiary alicyclic amines) is 1. The van der Waals surface area contributed by atoms with Crippen molar-refractivity contribution in [1.82, 2.24) is 10.2 Å². The van der Waals surface area contributed by atoms with Gasteiger partial charge in [-0.2, -0.15) is 0 Å². The second-order valence-electron chi connectivity index (χ2n) is 8.68. The Labute approximate surface area is 196 Å². The molecule has 170 valence electrons. The van der Waals surface area contributed by atoms with E-state index < -0.39 is 23.8 Å². The number of nitrogens with one attached hydrogen (secondary N) is 2. The van der Waals surface area contributed by atoms with Crippen LogP contribution in [0.4, 0.5) is 10.5 Å². The van der Waals surface area contributed by atoms with Gasteiger partial charge in [0, 0.05) is 16.7 Å². The van der Waals surface area contributed by atoms with Gasteiger partial charge in [0.15, 0.2) is 0 Å². The molecule has 3 amide bonds. The van der Waals surface area contributed by atoms with Crippen LogP contribution in [0, 0.1) is 0 Å². The van der Waals surface area contributed by atoms with Crippen molar-refractivity contribution in [2.75, 3.05) is 11.9 Å². The molecule has 0 saturated carbocycles. The Morgan fingerprint density at radius 3 is 2.34 bits per heavy atom. The van der Waals surface area contributed by atoms with E-state index in [-0.39, 0.29) is 11.8 Å². The van der Waals surface area contributed by atoms with Crippen LogP contribution in [0.25, 0.3) is 0 Å². The summed E-state index contributed by atoms with van der Waals surface area (Å²) in [7, 11) is 0. The third kappa shape index (κ3) is 6.32. The average molecular weight is 502 g/mol. The van der Waals surface area contributed by atoms with E-state index >= 15 is 0 Å². The molecule has 0 bridgehead atoms. The molecule has 2 aromatic rings. The number of halogens is 1. The van der Waals surface area contributed by atoms with Gasteiger partial charge in [-0.15, -0.1) is 0 Å². The van der Waals surface area contributed by atoms with Crippen molar-refractivity contribution in [1.29, 1.82) is 0 Å². The first-order valence-corrected chi connectivity index (χ1v) is 11.3. The Kier molecular flexibility index (Phi) is 7.56. The van der Waals surface area contributed by atoms with E-state index in [9.17, 15) is 14.4 Å². The van der Waals surface area contributed by atoms with Crippen LogP contribution in [0.5, 0.6) is 0 Å². The van der Waals surface area contributed by atoms with E-state index in [0.717, 1.165) is 4.47 Å². The largest absolute Gasteiger partial charge is 0.444 e. The van der Waals surface area contributed by atoms with Crippen molar-refractivity contribution in [2.45, 2.75) is 51.3 Å². The summed E-state index contributed by atoms with van der Waals surface area (Å²) in [6.45, 7) is 5.72. The fourth-order valence-corrected chi connectivity index (χ4v) is 3.85. The van der Waals surface area contributed by atoms with Gasteiger partial charge in [-0.25, -0.2) is 4.79 Å². The number of amides is 3. The Morgan fingerprint density at radius 2 is 1.72 bits per heavy atom. The van der Waals surface area contributed by atoms with Crippen molar-refractivity contribution in [3.05, 3.63) is 64.6 Å².